The average Bonchev–Trinajstić information content (AvgIpc) is 3.14. The van der Waals surface area contributed by atoms with Crippen LogP contribution in [-0.4, -0.2) is 18.8 Å². The molecule has 0 saturated carbocycles. The summed E-state index contributed by atoms with van der Waals surface area (Å²) in [4.78, 5) is 0.264. The molecule has 0 aromatic heterocycles. The monoisotopic (exact) mass is 383 g/mol. The van der Waals surface area contributed by atoms with Crippen LogP contribution in [0.25, 0.3) is 0 Å². The number of nitrogens with zero attached hydrogens (tertiary/aromatic N) is 1. The second-order valence-electron chi connectivity index (χ2n) is 5.50. The molecule has 0 spiro atoms. The van der Waals surface area contributed by atoms with Crippen molar-refractivity contribution in [3.63, 3.8) is 0 Å². The van der Waals surface area contributed by atoms with Crippen LogP contribution < -0.4 is 0 Å². The van der Waals surface area contributed by atoms with E-state index in [0.29, 0.717) is 10.0 Å². The highest BCUT2D eigenvalue weighted by Gasteiger charge is 2.54. The molecule has 0 radical (unpaired) electrons. The molecule has 22 heavy (non-hydrogen) atoms. The smallest absolute Gasteiger partial charge is 0.207 e. The highest BCUT2D eigenvalue weighted by molar-refractivity contribution is 9.10. The lowest BCUT2D eigenvalue weighted by atomic mass is 10.1. The van der Waals surface area contributed by atoms with Crippen molar-refractivity contribution in [3.8, 4) is 0 Å². The van der Waals surface area contributed by atoms with Crippen LogP contribution in [-0.2, 0) is 10.0 Å². The number of hydrogen-bond donors (Lipinski definition) is 0. The molecule has 0 amide bonds. The molecule has 116 valence electrons. The number of sulfonamides is 1. The summed E-state index contributed by atoms with van der Waals surface area (Å²) in [5.74, 6) is -0.370. The van der Waals surface area contributed by atoms with Crippen LogP contribution in [0.15, 0.2) is 51.8 Å². The zero-order valence-corrected chi connectivity index (χ0v) is 14.5. The molecule has 1 fully saturated rings. The van der Waals surface area contributed by atoms with E-state index in [1.807, 2.05) is 13.8 Å². The highest BCUT2D eigenvalue weighted by atomic mass is 79.9. The second kappa shape index (κ2) is 5.44. The zero-order valence-electron chi connectivity index (χ0n) is 12.1. The molecule has 1 saturated heterocycles. The maximum Gasteiger partial charge on any atom is 0.243 e. The lowest BCUT2D eigenvalue weighted by Crippen LogP contribution is -2.14. The van der Waals surface area contributed by atoms with Crippen molar-refractivity contribution in [1.29, 1.82) is 0 Å². The molecular formula is C16H15BrFNO2S. The lowest BCUT2D eigenvalue weighted by Gasteiger charge is -2.08. The Morgan fingerprint density at radius 2 is 1.77 bits per heavy atom. The average molecular weight is 384 g/mol. The van der Waals surface area contributed by atoms with E-state index in [0.717, 1.165) is 5.56 Å². The highest BCUT2D eigenvalue weighted by Crippen LogP contribution is 2.49. The Morgan fingerprint density at radius 3 is 2.41 bits per heavy atom. The molecule has 1 heterocycles. The first-order valence-corrected chi connectivity index (χ1v) is 9.11. The normalized spacial score (nSPS) is 24.3. The summed E-state index contributed by atoms with van der Waals surface area (Å²) in [5, 5.41) is 0. The summed E-state index contributed by atoms with van der Waals surface area (Å²) in [5.41, 5.74) is 1.66. The Labute approximate surface area is 137 Å². The van der Waals surface area contributed by atoms with Gasteiger partial charge in [-0.15, -0.1) is 0 Å². The number of aryl methyl sites for hydroxylation is 1. The summed E-state index contributed by atoms with van der Waals surface area (Å²) >= 11 is 3.37. The maximum atomic E-state index is 13.5. The van der Waals surface area contributed by atoms with E-state index in [4.69, 9.17) is 0 Å². The van der Waals surface area contributed by atoms with Crippen molar-refractivity contribution in [1.82, 2.24) is 4.31 Å². The van der Waals surface area contributed by atoms with Gasteiger partial charge in [0.05, 0.1) is 10.9 Å². The summed E-state index contributed by atoms with van der Waals surface area (Å²) < 4.78 is 41.0. The third-order valence-electron chi connectivity index (χ3n) is 3.92. The summed E-state index contributed by atoms with van der Waals surface area (Å²) in [6.45, 7) is 3.73. The van der Waals surface area contributed by atoms with Crippen LogP contribution in [0, 0.1) is 12.7 Å². The molecule has 0 aliphatic carbocycles. The molecule has 0 N–H and O–H groups in total. The predicted molar refractivity (Wildman–Crippen MR) is 86.5 cm³/mol. The third kappa shape index (κ3) is 2.59. The van der Waals surface area contributed by atoms with Crippen molar-refractivity contribution >= 4 is 26.0 Å². The molecular weight excluding hydrogens is 369 g/mol. The van der Waals surface area contributed by atoms with Gasteiger partial charge < -0.3 is 0 Å². The number of hydrogen-bond acceptors (Lipinski definition) is 2. The third-order valence-corrected chi connectivity index (χ3v) is 6.62. The van der Waals surface area contributed by atoms with Gasteiger partial charge in [0, 0.05) is 10.5 Å². The minimum absolute atomic E-state index is 0.190. The van der Waals surface area contributed by atoms with Crippen LogP contribution in [0.2, 0.25) is 0 Å². The van der Waals surface area contributed by atoms with Crippen LogP contribution in [0.3, 0.4) is 0 Å². The minimum atomic E-state index is -3.57. The van der Waals surface area contributed by atoms with E-state index in [9.17, 15) is 12.8 Å². The molecule has 3 nitrogen and oxygen atoms in total. The van der Waals surface area contributed by atoms with Gasteiger partial charge in [-0.2, -0.15) is 4.31 Å². The molecule has 1 aliphatic heterocycles. The van der Waals surface area contributed by atoms with Crippen molar-refractivity contribution in [2.75, 3.05) is 0 Å². The van der Waals surface area contributed by atoms with E-state index in [1.165, 1.54) is 16.4 Å². The van der Waals surface area contributed by atoms with Crippen molar-refractivity contribution in [3.05, 3.63) is 63.9 Å². The van der Waals surface area contributed by atoms with Gasteiger partial charge in [0.25, 0.3) is 0 Å². The minimum Gasteiger partial charge on any atom is -0.207 e. The number of halogens is 2. The lowest BCUT2D eigenvalue weighted by molar-refractivity contribution is 0.547. The first-order valence-electron chi connectivity index (χ1n) is 6.87. The Kier molecular flexibility index (Phi) is 3.87. The molecule has 3 unspecified atom stereocenters. The molecule has 0 bridgehead atoms. The van der Waals surface area contributed by atoms with Crippen molar-refractivity contribution in [2.45, 2.75) is 30.8 Å². The number of rotatable bonds is 3. The molecule has 3 atom stereocenters. The zero-order chi connectivity index (χ0) is 16.1. The molecule has 2 aromatic rings. The first kappa shape index (κ1) is 15.6. The largest absolute Gasteiger partial charge is 0.243 e. The molecule has 6 heteroatoms. The van der Waals surface area contributed by atoms with E-state index in [2.05, 4.69) is 15.9 Å². The molecule has 3 rings (SSSR count). The maximum absolute atomic E-state index is 13.5. The van der Waals surface area contributed by atoms with E-state index in [1.54, 1.807) is 30.3 Å². The summed E-state index contributed by atoms with van der Waals surface area (Å²) in [6, 6.07) is 10.6. The Morgan fingerprint density at radius 1 is 1.14 bits per heavy atom. The van der Waals surface area contributed by atoms with Crippen LogP contribution in [0.4, 0.5) is 4.39 Å². The van der Waals surface area contributed by atoms with Gasteiger partial charge >= 0.3 is 0 Å². The van der Waals surface area contributed by atoms with Gasteiger partial charge in [0.15, 0.2) is 0 Å². The summed E-state index contributed by atoms with van der Waals surface area (Å²) in [6.07, 6.45) is 0. The fraction of sp³-hybridized carbons (Fsp3) is 0.250. The summed E-state index contributed by atoms with van der Waals surface area (Å²) in [7, 11) is -3.57. The number of benzene rings is 2. The second-order valence-corrected chi connectivity index (χ2v) is 8.20. The first-order chi connectivity index (χ1) is 10.3. The Bertz CT molecular complexity index is 821. The van der Waals surface area contributed by atoms with Gasteiger partial charge in [-0.3, -0.25) is 0 Å². The van der Waals surface area contributed by atoms with Crippen LogP contribution in [0.1, 0.15) is 24.1 Å². The van der Waals surface area contributed by atoms with Crippen LogP contribution in [0.5, 0.6) is 0 Å². The van der Waals surface area contributed by atoms with Crippen molar-refractivity contribution in [2.24, 2.45) is 0 Å². The fourth-order valence-electron chi connectivity index (χ4n) is 2.66. The van der Waals surface area contributed by atoms with Gasteiger partial charge in [0.2, 0.25) is 10.0 Å². The molecule has 1 aliphatic rings. The topological polar surface area (TPSA) is 37.1 Å². The molecule has 2 aromatic carbocycles. The van der Waals surface area contributed by atoms with E-state index >= 15 is 0 Å². The fourth-order valence-corrected chi connectivity index (χ4v) is 4.95. The Hall–Kier alpha value is -1.24. The van der Waals surface area contributed by atoms with Gasteiger partial charge in [-0.25, -0.2) is 12.8 Å². The predicted octanol–water partition coefficient (Wildman–Crippen LogP) is 4.03. The quantitative estimate of drug-likeness (QED) is 0.750. The standard InChI is InChI=1S/C16H15BrFNO2S/c1-10-3-6-13(7-4-10)22(20,21)19-11(2)16(19)14-9-12(18)5-8-15(14)17/h3-9,11,16H,1-2H3. The van der Waals surface area contributed by atoms with Gasteiger partial charge in [-0.1, -0.05) is 33.6 Å². The SMILES string of the molecule is Cc1ccc(S(=O)(=O)N2C(C)C2c2cc(F)ccc2Br)cc1. The Balaban J connectivity index is 1.96. The van der Waals surface area contributed by atoms with Gasteiger partial charge in [0.1, 0.15) is 5.82 Å². The van der Waals surface area contributed by atoms with Crippen molar-refractivity contribution < 1.29 is 12.8 Å². The van der Waals surface area contributed by atoms with E-state index in [-0.39, 0.29) is 22.8 Å². The van der Waals surface area contributed by atoms with Crippen LogP contribution >= 0.6 is 15.9 Å². The van der Waals surface area contributed by atoms with E-state index < -0.39 is 10.0 Å². The van der Waals surface area contributed by atoms with Gasteiger partial charge in [-0.05, 0) is 49.7 Å².